The minimum absolute atomic E-state index is 0.0537. The van der Waals surface area contributed by atoms with Crippen LogP contribution in [0.4, 0.5) is 4.39 Å². The summed E-state index contributed by atoms with van der Waals surface area (Å²) in [6.45, 7) is 7.54. The predicted octanol–water partition coefficient (Wildman–Crippen LogP) is 3.83. The highest BCUT2D eigenvalue weighted by Crippen LogP contribution is 2.41. The smallest absolute Gasteiger partial charge is 0.127 e. The molecule has 0 aliphatic carbocycles. The van der Waals surface area contributed by atoms with Gasteiger partial charge in [0, 0.05) is 12.1 Å². The first-order valence-electron chi connectivity index (χ1n) is 8.72. The third-order valence-electron chi connectivity index (χ3n) is 5.78. The summed E-state index contributed by atoms with van der Waals surface area (Å²) in [5, 5.41) is 0. The third-order valence-corrected chi connectivity index (χ3v) is 5.78. The Hall–Kier alpha value is -0.930. The number of rotatable bonds is 2. The van der Waals surface area contributed by atoms with Crippen LogP contribution in [0.15, 0.2) is 18.2 Å². The number of hydrogen-bond donors (Lipinski definition) is 0. The summed E-state index contributed by atoms with van der Waals surface area (Å²) >= 11 is 0. The van der Waals surface area contributed by atoms with Crippen molar-refractivity contribution in [3.63, 3.8) is 0 Å². The highest BCUT2D eigenvalue weighted by molar-refractivity contribution is 5.24. The van der Waals surface area contributed by atoms with Gasteiger partial charge in [0.1, 0.15) is 5.82 Å². The van der Waals surface area contributed by atoms with Crippen molar-refractivity contribution in [3.05, 3.63) is 35.1 Å². The van der Waals surface area contributed by atoms with E-state index in [1.54, 1.807) is 6.07 Å². The van der Waals surface area contributed by atoms with E-state index in [9.17, 15) is 4.39 Å². The number of hydrogen-bond acceptors (Lipinski definition) is 2. The molecule has 2 heterocycles. The Labute approximate surface area is 134 Å². The van der Waals surface area contributed by atoms with Crippen LogP contribution in [0, 0.1) is 18.2 Å². The number of halogens is 1. The number of likely N-dealkylation sites (tertiary alicyclic amines) is 2. The summed E-state index contributed by atoms with van der Waals surface area (Å²) < 4.78 is 13.9. The Morgan fingerprint density at radius 1 is 1.05 bits per heavy atom. The molecular weight excluding hydrogens is 275 g/mol. The first-order chi connectivity index (χ1) is 10.6. The van der Waals surface area contributed by atoms with Crippen LogP contribution >= 0.6 is 0 Å². The number of benzene rings is 1. The van der Waals surface area contributed by atoms with E-state index in [1.807, 2.05) is 19.1 Å². The van der Waals surface area contributed by atoms with Gasteiger partial charge in [-0.1, -0.05) is 17.7 Å². The fourth-order valence-corrected chi connectivity index (χ4v) is 4.14. The van der Waals surface area contributed by atoms with Crippen molar-refractivity contribution >= 4 is 0 Å². The normalized spacial score (nSPS) is 23.6. The van der Waals surface area contributed by atoms with Crippen molar-refractivity contribution < 1.29 is 4.39 Å². The predicted molar refractivity (Wildman–Crippen MR) is 89.4 cm³/mol. The number of aryl methyl sites for hydroxylation is 1. The highest BCUT2D eigenvalue weighted by atomic mass is 19.1. The Bertz CT molecular complexity index is 506. The van der Waals surface area contributed by atoms with Crippen LogP contribution in [-0.2, 0) is 6.54 Å². The molecule has 3 rings (SSSR count). The molecule has 2 nitrogen and oxygen atoms in total. The minimum Gasteiger partial charge on any atom is -0.306 e. The molecule has 0 saturated carbocycles. The van der Waals surface area contributed by atoms with E-state index >= 15 is 0 Å². The maximum Gasteiger partial charge on any atom is 0.127 e. The summed E-state index contributed by atoms with van der Waals surface area (Å²) in [6, 6.07) is 5.46. The summed E-state index contributed by atoms with van der Waals surface area (Å²) in [7, 11) is 2.24. The molecule has 0 unspecified atom stereocenters. The zero-order valence-corrected chi connectivity index (χ0v) is 14.1. The average molecular weight is 304 g/mol. The van der Waals surface area contributed by atoms with Gasteiger partial charge in [0.05, 0.1) is 0 Å². The quantitative estimate of drug-likeness (QED) is 0.819. The van der Waals surface area contributed by atoms with Crippen molar-refractivity contribution in [2.45, 2.75) is 45.6 Å². The Morgan fingerprint density at radius 2 is 1.77 bits per heavy atom. The van der Waals surface area contributed by atoms with E-state index in [1.165, 1.54) is 45.2 Å². The fraction of sp³-hybridized carbons (Fsp3) is 0.684. The van der Waals surface area contributed by atoms with Gasteiger partial charge in [0.2, 0.25) is 0 Å². The van der Waals surface area contributed by atoms with Crippen molar-refractivity contribution in [2.24, 2.45) is 5.41 Å². The second-order valence-corrected chi connectivity index (χ2v) is 7.53. The van der Waals surface area contributed by atoms with E-state index < -0.39 is 0 Å². The average Bonchev–Trinajstić information content (AvgIpc) is 2.68. The van der Waals surface area contributed by atoms with Gasteiger partial charge < -0.3 is 4.90 Å². The van der Waals surface area contributed by atoms with Gasteiger partial charge in [-0.25, -0.2) is 4.39 Å². The molecule has 2 fully saturated rings. The summed E-state index contributed by atoms with van der Waals surface area (Å²) in [5.74, 6) is -0.0537. The zero-order valence-electron chi connectivity index (χ0n) is 14.1. The molecule has 2 aliphatic rings. The lowest BCUT2D eigenvalue weighted by atomic mass is 9.73. The van der Waals surface area contributed by atoms with Gasteiger partial charge in [0.25, 0.3) is 0 Å². The fourth-order valence-electron chi connectivity index (χ4n) is 4.14. The van der Waals surface area contributed by atoms with Crippen LogP contribution in [0.1, 0.15) is 43.2 Å². The molecule has 2 aliphatic heterocycles. The van der Waals surface area contributed by atoms with Crippen LogP contribution < -0.4 is 0 Å². The van der Waals surface area contributed by atoms with E-state index in [0.29, 0.717) is 5.41 Å². The van der Waals surface area contributed by atoms with Gasteiger partial charge in [-0.15, -0.1) is 0 Å². The van der Waals surface area contributed by atoms with Crippen molar-refractivity contribution in [1.82, 2.24) is 9.80 Å². The van der Waals surface area contributed by atoms with Crippen molar-refractivity contribution in [2.75, 3.05) is 33.2 Å². The number of piperidine rings is 1. The second kappa shape index (κ2) is 6.67. The molecule has 1 aromatic carbocycles. The molecule has 0 radical (unpaired) electrons. The maximum atomic E-state index is 13.9. The standard InChI is InChI=1S/C19H29FN2/c1-16-4-5-18(20)17(14-16)15-22-12-8-19(9-13-22)6-3-10-21(2)11-7-19/h4-5,14H,3,6-13,15H2,1-2H3. The first kappa shape index (κ1) is 15.9. The second-order valence-electron chi connectivity index (χ2n) is 7.53. The van der Waals surface area contributed by atoms with Crippen molar-refractivity contribution in [3.8, 4) is 0 Å². The molecule has 122 valence electrons. The van der Waals surface area contributed by atoms with Crippen LogP contribution in [0.3, 0.4) is 0 Å². The van der Waals surface area contributed by atoms with E-state index in [0.717, 1.165) is 30.8 Å². The van der Waals surface area contributed by atoms with Gasteiger partial charge >= 0.3 is 0 Å². The van der Waals surface area contributed by atoms with Gasteiger partial charge in [-0.2, -0.15) is 0 Å². The minimum atomic E-state index is -0.0537. The third kappa shape index (κ3) is 3.69. The summed E-state index contributed by atoms with van der Waals surface area (Å²) in [4.78, 5) is 4.92. The monoisotopic (exact) mass is 304 g/mol. The van der Waals surface area contributed by atoms with Gasteiger partial charge in [-0.05, 0) is 83.7 Å². The Morgan fingerprint density at radius 3 is 2.55 bits per heavy atom. The summed E-state index contributed by atoms with van der Waals surface area (Å²) in [6.07, 6.45) is 6.63. The first-order valence-corrected chi connectivity index (χ1v) is 8.72. The molecule has 1 aromatic rings. The summed E-state index contributed by atoms with van der Waals surface area (Å²) in [5.41, 5.74) is 2.57. The molecule has 22 heavy (non-hydrogen) atoms. The molecule has 0 atom stereocenters. The van der Waals surface area contributed by atoms with Crippen LogP contribution in [0.25, 0.3) is 0 Å². The lowest BCUT2D eigenvalue weighted by molar-refractivity contribution is 0.0842. The zero-order chi connectivity index (χ0) is 15.6. The van der Waals surface area contributed by atoms with E-state index in [4.69, 9.17) is 0 Å². The largest absolute Gasteiger partial charge is 0.306 e. The van der Waals surface area contributed by atoms with Gasteiger partial charge in [0.15, 0.2) is 0 Å². The SMILES string of the molecule is Cc1ccc(F)c(CN2CCC3(CCCN(C)CC3)CC2)c1. The molecule has 2 saturated heterocycles. The van der Waals surface area contributed by atoms with Crippen LogP contribution in [0.5, 0.6) is 0 Å². The van der Waals surface area contributed by atoms with Crippen LogP contribution in [-0.4, -0.2) is 43.0 Å². The molecule has 0 N–H and O–H groups in total. The van der Waals surface area contributed by atoms with E-state index in [-0.39, 0.29) is 5.82 Å². The van der Waals surface area contributed by atoms with Gasteiger partial charge in [-0.3, -0.25) is 4.90 Å². The highest BCUT2D eigenvalue weighted by Gasteiger charge is 2.35. The number of nitrogens with zero attached hydrogens (tertiary/aromatic N) is 2. The molecular formula is C19H29FN2. The maximum absolute atomic E-state index is 13.9. The molecule has 3 heteroatoms. The Balaban J connectivity index is 1.58. The molecule has 0 amide bonds. The molecule has 0 bridgehead atoms. The lowest BCUT2D eigenvalue weighted by Crippen LogP contribution is -2.40. The molecule has 0 aromatic heterocycles. The van der Waals surface area contributed by atoms with Crippen LogP contribution in [0.2, 0.25) is 0 Å². The Kier molecular flexibility index (Phi) is 4.84. The topological polar surface area (TPSA) is 6.48 Å². The molecule has 1 spiro atoms. The van der Waals surface area contributed by atoms with E-state index in [2.05, 4.69) is 16.8 Å². The lowest BCUT2D eigenvalue weighted by Gasteiger charge is -2.41. The van der Waals surface area contributed by atoms with Crippen molar-refractivity contribution in [1.29, 1.82) is 0 Å².